The molecule has 0 radical (unpaired) electrons. The number of benzene rings is 6. The smallest absolute Gasteiger partial charge is 0.0613 e. The van der Waals surface area contributed by atoms with E-state index < -0.39 is 0 Å². The highest BCUT2D eigenvalue weighted by molar-refractivity contribution is 7.26. The Hall–Kier alpha value is -4.40. The fourth-order valence-electron chi connectivity index (χ4n) is 5.80. The maximum atomic E-state index is 2.40. The van der Waals surface area contributed by atoms with Crippen molar-refractivity contribution in [2.24, 2.45) is 0 Å². The first kappa shape index (κ1) is 19.9. The Morgan fingerprint density at radius 1 is 0.472 bits per heavy atom. The first-order valence-corrected chi connectivity index (χ1v) is 13.1. The molecule has 0 N–H and O–H groups in total. The van der Waals surface area contributed by atoms with E-state index in [0.717, 1.165) is 0 Å². The number of hydrogen-bond acceptors (Lipinski definition) is 1. The van der Waals surface area contributed by atoms with Crippen molar-refractivity contribution in [2.45, 2.75) is 0 Å². The fourth-order valence-corrected chi connectivity index (χ4v) is 7.04. The van der Waals surface area contributed by atoms with Crippen LogP contribution in [0.5, 0.6) is 0 Å². The van der Waals surface area contributed by atoms with Gasteiger partial charge in [-0.05, 0) is 57.6 Å². The lowest BCUT2D eigenvalue weighted by Crippen LogP contribution is -1.93. The van der Waals surface area contributed by atoms with Gasteiger partial charge in [0.1, 0.15) is 0 Å². The standard InChI is InChI=1S/C34H21NS/c1-2-9-23(10-3-1)35-20-19-29-25-11-4-5-12-26(25)31-21-22(17-18-28(31)33(29)35)24-14-8-15-30-27-13-6-7-16-32(27)36-34(24)30/h1-21H. The van der Waals surface area contributed by atoms with E-state index in [4.69, 9.17) is 0 Å². The minimum Gasteiger partial charge on any atom is -0.316 e. The van der Waals surface area contributed by atoms with Crippen LogP contribution < -0.4 is 0 Å². The molecule has 2 heterocycles. The van der Waals surface area contributed by atoms with E-state index in [2.05, 4.69) is 132 Å². The fraction of sp³-hybridized carbons (Fsp3) is 0. The molecule has 0 aliphatic carbocycles. The van der Waals surface area contributed by atoms with E-state index in [0.29, 0.717) is 0 Å². The summed E-state index contributed by atoms with van der Waals surface area (Å²) in [5, 5.41) is 9.15. The molecule has 0 unspecified atom stereocenters. The van der Waals surface area contributed by atoms with E-state index in [-0.39, 0.29) is 0 Å². The lowest BCUT2D eigenvalue weighted by Gasteiger charge is -2.13. The summed E-state index contributed by atoms with van der Waals surface area (Å²) < 4.78 is 5.03. The Labute approximate surface area is 212 Å². The predicted molar refractivity (Wildman–Crippen MR) is 157 cm³/mol. The third-order valence-corrected chi connectivity index (χ3v) is 8.64. The van der Waals surface area contributed by atoms with Crippen molar-refractivity contribution >= 4 is 64.0 Å². The number of rotatable bonds is 2. The third kappa shape index (κ3) is 2.76. The minimum absolute atomic E-state index is 1.18. The van der Waals surface area contributed by atoms with Gasteiger partial charge in [0.25, 0.3) is 0 Å². The molecule has 1 nitrogen and oxygen atoms in total. The zero-order valence-electron chi connectivity index (χ0n) is 19.5. The first-order valence-electron chi connectivity index (χ1n) is 12.3. The van der Waals surface area contributed by atoms with Crippen LogP contribution in [-0.2, 0) is 0 Å². The van der Waals surface area contributed by atoms with Crippen molar-refractivity contribution in [1.82, 2.24) is 4.57 Å². The van der Waals surface area contributed by atoms with Gasteiger partial charge in [-0.1, -0.05) is 91.0 Å². The lowest BCUT2D eigenvalue weighted by atomic mass is 9.94. The Morgan fingerprint density at radius 2 is 1.17 bits per heavy atom. The van der Waals surface area contributed by atoms with Gasteiger partial charge in [-0.2, -0.15) is 0 Å². The Bertz CT molecular complexity index is 2090. The van der Waals surface area contributed by atoms with Gasteiger partial charge < -0.3 is 4.57 Å². The quantitative estimate of drug-likeness (QED) is 0.219. The van der Waals surface area contributed by atoms with E-state index in [1.807, 2.05) is 11.3 Å². The molecule has 0 fully saturated rings. The van der Waals surface area contributed by atoms with Crippen LogP contribution in [0, 0.1) is 0 Å². The molecule has 0 bridgehead atoms. The van der Waals surface area contributed by atoms with Crippen LogP contribution in [0.15, 0.2) is 128 Å². The molecule has 0 spiro atoms. The van der Waals surface area contributed by atoms with Crippen molar-refractivity contribution < 1.29 is 0 Å². The van der Waals surface area contributed by atoms with E-state index in [9.17, 15) is 0 Å². The second-order valence-corrected chi connectivity index (χ2v) is 10.4. The molecular formula is C34H21NS. The Kier molecular flexibility index (Phi) is 4.16. The number of fused-ring (bicyclic) bond motifs is 9. The van der Waals surface area contributed by atoms with Crippen molar-refractivity contribution in [3.63, 3.8) is 0 Å². The zero-order valence-corrected chi connectivity index (χ0v) is 20.3. The monoisotopic (exact) mass is 475 g/mol. The van der Waals surface area contributed by atoms with Crippen LogP contribution in [0.4, 0.5) is 0 Å². The van der Waals surface area contributed by atoms with Gasteiger partial charge in [-0.3, -0.25) is 0 Å². The van der Waals surface area contributed by atoms with Crippen LogP contribution in [0.2, 0.25) is 0 Å². The normalized spacial score (nSPS) is 11.9. The van der Waals surface area contributed by atoms with E-state index >= 15 is 0 Å². The highest BCUT2D eigenvalue weighted by atomic mass is 32.1. The maximum Gasteiger partial charge on any atom is 0.0613 e. The molecule has 0 amide bonds. The summed E-state index contributed by atoms with van der Waals surface area (Å²) in [5.74, 6) is 0. The largest absolute Gasteiger partial charge is 0.316 e. The molecule has 0 saturated carbocycles. The third-order valence-electron chi connectivity index (χ3n) is 7.42. The molecular weight excluding hydrogens is 454 g/mol. The van der Waals surface area contributed by atoms with Crippen LogP contribution in [0.3, 0.4) is 0 Å². The van der Waals surface area contributed by atoms with Crippen LogP contribution in [0.1, 0.15) is 0 Å². The van der Waals surface area contributed by atoms with E-state index in [1.54, 1.807) is 0 Å². The Balaban J connectivity index is 1.47. The average molecular weight is 476 g/mol. The summed E-state index contributed by atoms with van der Waals surface area (Å²) in [6.45, 7) is 0. The second-order valence-electron chi connectivity index (χ2n) is 9.37. The number of thiophene rings is 1. The number of hydrogen-bond donors (Lipinski definition) is 0. The minimum atomic E-state index is 1.18. The summed E-state index contributed by atoms with van der Waals surface area (Å²) in [4.78, 5) is 0. The highest BCUT2D eigenvalue weighted by Crippen LogP contribution is 2.42. The van der Waals surface area contributed by atoms with E-state index in [1.165, 1.54) is 69.4 Å². The molecule has 8 aromatic rings. The molecule has 6 aromatic carbocycles. The van der Waals surface area contributed by atoms with Gasteiger partial charge in [0.05, 0.1) is 5.52 Å². The molecule has 168 valence electrons. The molecule has 0 aliphatic heterocycles. The van der Waals surface area contributed by atoms with Gasteiger partial charge in [0.2, 0.25) is 0 Å². The predicted octanol–water partition coefficient (Wildman–Crippen LogP) is 9.97. The molecule has 0 atom stereocenters. The van der Waals surface area contributed by atoms with Gasteiger partial charge in [0, 0.05) is 42.8 Å². The topological polar surface area (TPSA) is 4.93 Å². The number of nitrogens with zero attached hydrogens (tertiary/aromatic N) is 1. The van der Waals surface area contributed by atoms with Gasteiger partial charge >= 0.3 is 0 Å². The van der Waals surface area contributed by atoms with Crippen LogP contribution in [0.25, 0.3) is 69.4 Å². The molecule has 8 rings (SSSR count). The summed E-state index contributed by atoms with van der Waals surface area (Å²) in [6, 6.07) is 44.2. The van der Waals surface area contributed by atoms with Crippen molar-refractivity contribution in [3.8, 4) is 16.8 Å². The lowest BCUT2D eigenvalue weighted by molar-refractivity contribution is 1.13. The van der Waals surface area contributed by atoms with Crippen LogP contribution in [-0.4, -0.2) is 4.57 Å². The molecule has 0 saturated heterocycles. The summed E-state index contributed by atoms with van der Waals surface area (Å²) >= 11 is 1.89. The molecule has 0 aliphatic rings. The number of aromatic nitrogens is 1. The number of para-hydroxylation sites is 1. The first-order chi connectivity index (χ1) is 17.9. The zero-order chi connectivity index (χ0) is 23.6. The average Bonchev–Trinajstić information content (AvgIpc) is 3.56. The van der Waals surface area contributed by atoms with Crippen molar-refractivity contribution in [3.05, 3.63) is 128 Å². The summed E-state index contributed by atoms with van der Waals surface area (Å²) in [5.41, 5.74) is 5.02. The highest BCUT2D eigenvalue weighted by Gasteiger charge is 2.15. The van der Waals surface area contributed by atoms with Crippen LogP contribution >= 0.6 is 11.3 Å². The van der Waals surface area contributed by atoms with Gasteiger partial charge in [-0.25, -0.2) is 0 Å². The van der Waals surface area contributed by atoms with Crippen molar-refractivity contribution in [2.75, 3.05) is 0 Å². The van der Waals surface area contributed by atoms with Gasteiger partial charge in [0.15, 0.2) is 0 Å². The molecule has 36 heavy (non-hydrogen) atoms. The maximum absolute atomic E-state index is 2.40. The summed E-state index contributed by atoms with van der Waals surface area (Å²) in [6.07, 6.45) is 2.21. The second kappa shape index (κ2) is 7.55. The van der Waals surface area contributed by atoms with Crippen molar-refractivity contribution in [1.29, 1.82) is 0 Å². The summed E-state index contributed by atoms with van der Waals surface area (Å²) in [7, 11) is 0. The molecule has 2 aromatic heterocycles. The van der Waals surface area contributed by atoms with Gasteiger partial charge in [-0.15, -0.1) is 11.3 Å². The Morgan fingerprint density at radius 3 is 2.03 bits per heavy atom. The SMILES string of the molecule is c1ccc(-n2ccc3c4ccccc4c4cc(-c5cccc6c5sc5ccccc56)ccc4c32)cc1. The molecule has 2 heteroatoms.